The lowest BCUT2D eigenvalue weighted by molar-refractivity contribution is 0.663. The van der Waals surface area contributed by atoms with Crippen molar-refractivity contribution in [1.82, 2.24) is 0 Å². The molecular weight excluding hydrogens is 657 g/mol. The molecular formula is C52H30O2. The first-order valence-corrected chi connectivity index (χ1v) is 18.5. The van der Waals surface area contributed by atoms with Gasteiger partial charge >= 0.3 is 0 Å². The number of hydrogen-bond acceptors (Lipinski definition) is 2. The van der Waals surface area contributed by atoms with Gasteiger partial charge in [0.1, 0.15) is 22.3 Å². The lowest BCUT2D eigenvalue weighted by Crippen LogP contribution is -1.91. The molecule has 2 heteroatoms. The Morgan fingerprint density at radius 1 is 0.259 bits per heavy atom. The van der Waals surface area contributed by atoms with E-state index in [0.29, 0.717) is 0 Å². The third kappa shape index (κ3) is 4.22. The standard InChI is InChI=1S/C52H30O2/c1-2-10-31(11-3-1)33-18-19-35-29-36(21-20-34(35)28-33)48-39-14-6-8-16-41(39)49(42-17-9-7-15-40(42)48)37-23-25-45-44(30-37)43-24-27-47-51(52(43)54-45)50-38-13-5-4-12-32(38)22-26-46(50)53-47/h1-30H. The summed E-state index contributed by atoms with van der Waals surface area (Å²) >= 11 is 0. The van der Waals surface area contributed by atoms with Gasteiger partial charge in [0.25, 0.3) is 0 Å². The molecule has 12 aromatic rings. The number of furan rings is 2. The Labute approximate surface area is 310 Å². The second kappa shape index (κ2) is 11.2. The van der Waals surface area contributed by atoms with Crippen LogP contribution in [-0.2, 0) is 0 Å². The van der Waals surface area contributed by atoms with Crippen molar-refractivity contribution >= 4 is 87.0 Å². The fraction of sp³-hybridized carbons (Fsp3) is 0. The monoisotopic (exact) mass is 686 g/mol. The number of benzene rings is 10. The highest BCUT2D eigenvalue weighted by Gasteiger charge is 2.21. The van der Waals surface area contributed by atoms with Gasteiger partial charge in [-0.15, -0.1) is 0 Å². The summed E-state index contributed by atoms with van der Waals surface area (Å²) in [6, 6.07) is 65.7. The smallest absolute Gasteiger partial charge is 0.147 e. The lowest BCUT2D eigenvalue weighted by Gasteiger charge is -2.18. The minimum absolute atomic E-state index is 0.839. The van der Waals surface area contributed by atoms with Crippen LogP contribution in [0.1, 0.15) is 0 Å². The van der Waals surface area contributed by atoms with Crippen LogP contribution < -0.4 is 0 Å². The summed E-state index contributed by atoms with van der Waals surface area (Å²) in [5, 5.41) is 14.1. The number of fused-ring (bicyclic) bond motifs is 12. The van der Waals surface area contributed by atoms with Crippen LogP contribution in [0.5, 0.6) is 0 Å². The van der Waals surface area contributed by atoms with Gasteiger partial charge in [0.05, 0.1) is 5.39 Å². The van der Waals surface area contributed by atoms with Crippen molar-refractivity contribution in [2.24, 2.45) is 0 Å². The van der Waals surface area contributed by atoms with Crippen LogP contribution in [0.25, 0.3) is 120 Å². The van der Waals surface area contributed by atoms with Crippen LogP contribution >= 0.6 is 0 Å². The summed E-state index contributed by atoms with van der Waals surface area (Å²) in [7, 11) is 0. The normalized spacial score (nSPS) is 12.1. The van der Waals surface area contributed by atoms with Gasteiger partial charge in [0, 0.05) is 16.2 Å². The topological polar surface area (TPSA) is 26.3 Å². The summed E-state index contributed by atoms with van der Waals surface area (Å²) in [4.78, 5) is 0. The van der Waals surface area contributed by atoms with Crippen LogP contribution in [0.15, 0.2) is 191 Å². The summed E-state index contributed by atoms with van der Waals surface area (Å²) in [5.74, 6) is 0. The van der Waals surface area contributed by atoms with E-state index in [4.69, 9.17) is 8.83 Å². The zero-order valence-corrected chi connectivity index (χ0v) is 29.1. The van der Waals surface area contributed by atoms with E-state index < -0.39 is 0 Å². The summed E-state index contributed by atoms with van der Waals surface area (Å²) in [6.07, 6.45) is 0. The van der Waals surface area contributed by atoms with Gasteiger partial charge in [0.2, 0.25) is 0 Å². The Morgan fingerprint density at radius 3 is 1.50 bits per heavy atom. The highest BCUT2D eigenvalue weighted by atomic mass is 16.3. The molecule has 10 aromatic carbocycles. The Kier molecular flexibility index (Phi) is 6.09. The van der Waals surface area contributed by atoms with Crippen LogP contribution in [-0.4, -0.2) is 0 Å². The highest BCUT2D eigenvalue weighted by Crippen LogP contribution is 2.47. The van der Waals surface area contributed by atoms with E-state index in [9.17, 15) is 0 Å². The molecule has 12 rings (SSSR count). The molecule has 0 saturated carbocycles. The maximum absolute atomic E-state index is 6.73. The maximum Gasteiger partial charge on any atom is 0.147 e. The van der Waals surface area contributed by atoms with Crippen molar-refractivity contribution in [3.63, 3.8) is 0 Å². The molecule has 250 valence electrons. The van der Waals surface area contributed by atoms with Gasteiger partial charge in [0.15, 0.2) is 0 Å². The van der Waals surface area contributed by atoms with E-state index in [-0.39, 0.29) is 0 Å². The Balaban J connectivity index is 1.08. The zero-order valence-electron chi connectivity index (χ0n) is 29.1. The quantitative estimate of drug-likeness (QED) is 0.173. The molecule has 0 unspecified atom stereocenters. The molecule has 2 nitrogen and oxygen atoms in total. The molecule has 54 heavy (non-hydrogen) atoms. The van der Waals surface area contributed by atoms with E-state index in [1.54, 1.807) is 0 Å². The summed E-state index contributed by atoms with van der Waals surface area (Å²) in [6.45, 7) is 0. The largest absolute Gasteiger partial charge is 0.456 e. The minimum Gasteiger partial charge on any atom is -0.456 e. The van der Waals surface area contributed by atoms with E-state index in [1.165, 1.54) is 76.5 Å². The first-order chi connectivity index (χ1) is 26.8. The average molecular weight is 687 g/mol. The van der Waals surface area contributed by atoms with Crippen molar-refractivity contribution in [3.8, 4) is 33.4 Å². The lowest BCUT2D eigenvalue weighted by atomic mass is 9.85. The number of hydrogen-bond donors (Lipinski definition) is 0. The van der Waals surface area contributed by atoms with Crippen LogP contribution in [0.2, 0.25) is 0 Å². The molecule has 0 bridgehead atoms. The first-order valence-electron chi connectivity index (χ1n) is 18.5. The first kappa shape index (κ1) is 29.4. The summed E-state index contributed by atoms with van der Waals surface area (Å²) in [5.41, 5.74) is 10.8. The van der Waals surface area contributed by atoms with Crippen LogP contribution in [0.4, 0.5) is 0 Å². The van der Waals surface area contributed by atoms with Crippen LogP contribution in [0, 0.1) is 0 Å². The van der Waals surface area contributed by atoms with Gasteiger partial charge in [-0.2, -0.15) is 0 Å². The molecule has 0 radical (unpaired) electrons. The maximum atomic E-state index is 6.73. The molecule has 0 aliphatic rings. The Bertz CT molecular complexity index is 3430. The van der Waals surface area contributed by atoms with Crippen LogP contribution in [0.3, 0.4) is 0 Å². The Hall–Kier alpha value is -7.16. The molecule has 0 aliphatic heterocycles. The van der Waals surface area contributed by atoms with Crippen molar-refractivity contribution in [3.05, 3.63) is 182 Å². The molecule has 2 heterocycles. The van der Waals surface area contributed by atoms with Crippen molar-refractivity contribution in [2.45, 2.75) is 0 Å². The van der Waals surface area contributed by atoms with E-state index in [2.05, 4.69) is 182 Å². The van der Waals surface area contributed by atoms with Crippen molar-refractivity contribution in [1.29, 1.82) is 0 Å². The van der Waals surface area contributed by atoms with Crippen molar-refractivity contribution in [2.75, 3.05) is 0 Å². The minimum atomic E-state index is 0.839. The molecule has 0 amide bonds. The molecule has 0 spiro atoms. The SMILES string of the molecule is c1ccc(-c2ccc3cc(-c4c5ccccc5c(-c5ccc6oc7c(ccc8oc9ccc%10ccccc%10c9c87)c6c5)c5ccccc45)ccc3c2)cc1. The van der Waals surface area contributed by atoms with E-state index >= 15 is 0 Å². The fourth-order valence-corrected chi connectivity index (χ4v) is 8.97. The third-order valence-electron chi connectivity index (χ3n) is 11.4. The highest BCUT2D eigenvalue weighted by molar-refractivity contribution is 6.28. The van der Waals surface area contributed by atoms with Crippen molar-refractivity contribution < 1.29 is 8.83 Å². The van der Waals surface area contributed by atoms with Gasteiger partial charge in [-0.1, -0.05) is 140 Å². The van der Waals surface area contributed by atoms with Gasteiger partial charge in [-0.05, 0) is 119 Å². The van der Waals surface area contributed by atoms with Gasteiger partial charge in [-0.25, -0.2) is 0 Å². The molecule has 0 fully saturated rings. The van der Waals surface area contributed by atoms with Gasteiger partial charge in [-0.3, -0.25) is 0 Å². The third-order valence-corrected chi connectivity index (χ3v) is 11.4. The van der Waals surface area contributed by atoms with E-state index in [0.717, 1.165) is 43.9 Å². The number of rotatable bonds is 3. The average Bonchev–Trinajstić information content (AvgIpc) is 3.81. The van der Waals surface area contributed by atoms with E-state index in [1.807, 2.05) is 0 Å². The molecule has 0 atom stereocenters. The Morgan fingerprint density at radius 2 is 0.778 bits per heavy atom. The second-order valence-electron chi connectivity index (χ2n) is 14.4. The fourth-order valence-electron chi connectivity index (χ4n) is 8.97. The summed E-state index contributed by atoms with van der Waals surface area (Å²) < 4.78 is 13.1. The molecule has 2 aromatic heterocycles. The zero-order chi connectivity index (χ0) is 35.3. The predicted molar refractivity (Wildman–Crippen MR) is 227 cm³/mol. The molecule has 0 N–H and O–H groups in total. The second-order valence-corrected chi connectivity index (χ2v) is 14.4. The van der Waals surface area contributed by atoms with Gasteiger partial charge < -0.3 is 8.83 Å². The predicted octanol–water partition coefficient (Wildman–Crippen LogP) is 15.1. The molecule has 0 aliphatic carbocycles. The molecule has 0 saturated heterocycles.